The maximum Gasteiger partial charge on any atom is 0.408 e. The summed E-state index contributed by atoms with van der Waals surface area (Å²) in [5, 5.41) is 13.6. The van der Waals surface area contributed by atoms with Crippen LogP contribution in [0.4, 0.5) is 10.5 Å². The van der Waals surface area contributed by atoms with Gasteiger partial charge in [0.25, 0.3) is 5.69 Å². The maximum atomic E-state index is 11.6. The number of ether oxygens (including phenoxy) is 1. The summed E-state index contributed by atoms with van der Waals surface area (Å²) in [6, 6.07) is 5.73. The van der Waals surface area contributed by atoms with Gasteiger partial charge in [-0.25, -0.2) is 4.79 Å². The highest BCUT2D eigenvalue weighted by molar-refractivity contribution is 6.74. The third-order valence-electron chi connectivity index (χ3n) is 4.77. The lowest BCUT2D eigenvalue weighted by atomic mass is 10.0. The molecule has 0 bridgehead atoms. The van der Waals surface area contributed by atoms with Crippen molar-refractivity contribution in [1.29, 1.82) is 0 Å². The van der Waals surface area contributed by atoms with Gasteiger partial charge in [0.2, 0.25) is 0 Å². The lowest BCUT2D eigenvalue weighted by Crippen LogP contribution is -2.45. The second kappa shape index (κ2) is 6.52. The summed E-state index contributed by atoms with van der Waals surface area (Å²) in [5.74, 6) is 0. The average molecular weight is 352 g/mol. The standard InChI is InChI=1S/C16H24N2O5Si/c1-16(2,3)24(4,5)22-10-13-14(23-15(19)17-13)11-6-8-12(9-7-11)18(20)21/h6-9,13-14H,10H2,1-5H3,(H,17,19)/t13-,14-/m0/s1. The van der Waals surface area contributed by atoms with Crippen LogP contribution in [0.25, 0.3) is 0 Å². The van der Waals surface area contributed by atoms with Crippen LogP contribution in [0.2, 0.25) is 18.1 Å². The van der Waals surface area contributed by atoms with E-state index in [1.54, 1.807) is 12.1 Å². The number of rotatable bonds is 5. The number of alkyl carbamates (subject to hydrolysis) is 1. The molecule has 1 amide bonds. The number of amides is 1. The van der Waals surface area contributed by atoms with Gasteiger partial charge in [-0.3, -0.25) is 10.1 Å². The van der Waals surface area contributed by atoms with Crippen LogP contribution in [-0.4, -0.2) is 32.0 Å². The molecule has 0 saturated carbocycles. The number of cyclic esters (lactones) is 1. The Morgan fingerprint density at radius 1 is 1.29 bits per heavy atom. The molecule has 2 rings (SSSR count). The van der Waals surface area contributed by atoms with E-state index in [2.05, 4.69) is 39.2 Å². The van der Waals surface area contributed by atoms with Crippen LogP contribution in [-0.2, 0) is 9.16 Å². The number of nitrogens with one attached hydrogen (secondary N) is 1. The first-order valence-electron chi connectivity index (χ1n) is 7.87. The molecule has 132 valence electrons. The minimum absolute atomic E-state index is 0.00473. The van der Waals surface area contributed by atoms with Crippen molar-refractivity contribution >= 4 is 20.1 Å². The smallest absolute Gasteiger partial charge is 0.408 e. The first kappa shape index (κ1) is 18.4. The van der Waals surface area contributed by atoms with E-state index in [1.165, 1.54) is 12.1 Å². The maximum absolute atomic E-state index is 11.6. The molecule has 8 heteroatoms. The normalized spacial score (nSPS) is 21.3. The Labute approximate surface area is 142 Å². The summed E-state index contributed by atoms with van der Waals surface area (Å²) < 4.78 is 11.5. The number of nitro benzene ring substituents is 1. The number of hydrogen-bond acceptors (Lipinski definition) is 5. The quantitative estimate of drug-likeness (QED) is 0.495. The number of nitro groups is 1. The van der Waals surface area contributed by atoms with Crippen LogP contribution >= 0.6 is 0 Å². The molecule has 1 fully saturated rings. The summed E-state index contributed by atoms with van der Waals surface area (Å²) in [4.78, 5) is 21.9. The molecule has 24 heavy (non-hydrogen) atoms. The van der Waals surface area contributed by atoms with Gasteiger partial charge in [0.05, 0.1) is 17.6 Å². The zero-order valence-electron chi connectivity index (χ0n) is 14.7. The van der Waals surface area contributed by atoms with Gasteiger partial charge in [0.1, 0.15) is 0 Å². The zero-order chi connectivity index (χ0) is 18.1. The summed E-state index contributed by atoms with van der Waals surface area (Å²) in [6.07, 6.45) is -1.01. The van der Waals surface area contributed by atoms with E-state index in [9.17, 15) is 14.9 Å². The Bertz CT molecular complexity index is 624. The summed E-state index contributed by atoms with van der Waals surface area (Å²) in [5.41, 5.74) is 0.716. The molecular weight excluding hydrogens is 328 g/mol. The Morgan fingerprint density at radius 2 is 1.88 bits per heavy atom. The van der Waals surface area contributed by atoms with Crippen molar-refractivity contribution in [2.75, 3.05) is 6.61 Å². The Kier molecular flexibility index (Phi) is 5.00. The first-order chi connectivity index (χ1) is 11.0. The predicted octanol–water partition coefficient (Wildman–Crippen LogP) is 3.77. The van der Waals surface area contributed by atoms with Crippen molar-refractivity contribution in [2.24, 2.45) is 0 Å². The summed E-state index contributed by atoms with van der Waals surface area (Å²) in [7, 11) is -1.95. The highest BCUT2D eigenvalue weighted by Gasteiger charge is 2.41. The molecule has 0 aliphatic carbocycles. The van der Waals surface area contributed by atoms with E-state index in [0.717, 1.165) is 0 Å². The number of non-ortho nitro benzene ring substituents is 1. The zero-order valence-corrected chi connectivity index (χ0v) is 15.7. The molecule has 1 aromatic rings. The highest BCUT2D eigenvalue weighted by Crippen LogP contribution is 2.37. The molecule has 1 N–H and O–H groups in total. The van der Waals surface area contributed by atoms with Crippen molar-refractivity contribution < 1.29 is 18.9 Å². The molecule has 0 aromatic heterocycles. The van der Waals surface area contributed by atoms with Crippen molar-refractivity contribution in [2.45, 2.75) is 51.0 Å². The Morgan fingerprint density at radius 3 is 2.38 bits per heavy atom. The lowest BCUT2D eigenvalue weighted by molar-refractivity contribution is -0.384. The molecule has 1 heterocycles. The van der Waals surface area contributed by atoms with Gasteiger partial charge in [-0.1, -0.05) is 20.8 Å². The fourth-order valence-electron chi connectivity index (χ4n) is 2.19. The van der Waals surface area contributed by atoms with Crippen LogP contribution in [0.3, 0.4) is 0 Å². The second-order valence-electron chi connectivity index (χ2n) is 7.50. The molecule has 1 aromatic carbocycles. The van der Waals surface area contributed by atoms with Crippen molar-refractivity contribution in [3.05, 3.63) is 39.9 Å². The third-order valence-corrected chi connectivity index (χ3v) is 9.27. The molecule has 0 unspecified atom stereocenters. The first-order valence-corrected chi connectivity index (χ1v) is 10.8. The Balaban J connectivity index is 2.11. The van der Waals surface area contributed by atoms with Crippen LogP contribution in [0, 0.1) is 10.1 Å². The van der Waals surface area contributed by atoms with E-state index in [4.69, 9.17) is 9.16 Å². The van der Waals surface area contributed by atoms with Gasteiger partial charge in [-0.15, -0.1) is 0 Å². The molecular formula is C16H24N2O5Si. The summed E-state index contributed by atoms with van der Waals surface area (Å²) >= 11 is 0. The van der Waals surface area contributed by atoms with E-state index in [-0.39, 0.29) is 16.8 Å². The number of hydrogen-bond donors (Lipinski definition) is 1. The van der Waals surface area contributed by atoms with E-state index in [0.29, 0.717) is 12.2 Å². The van der Waals surface area contributed by atoms with E-state index < -0.39 is 25.4 Å². The fourth-order valence-corrected chi connectivity index (χ4v) is 3.22. The molecule has 0 spiro atoms. The lowest BCUT2D eigenvalue weighted by Gasteiger charge is -2.37. The topological polar surface area (TPSA) is 90.7 Å². The summed E-state index contributed by atoms with van der Waals surface area (Å²) in [6.45, 7) is 11.1. The largest absolute Gasteiger partial charge is 0.439 e. The second-order valence-corrected chi connectivity index (χ2v) is 12.3. The molecule has 7 nitrogen and oxygen atoms in total. The van der Waals surface area contributed by atoms with Crippen molar-refractivity contribution in [1.82, 2.24) is 5.32 Å². The SMILES string of the molecule is CC(C)(C)[Si](C)(C)OC[C@@H]1NC(=O)O[C@H]1c1ccc([N+](=O)[O-])cc1. The minimum Gasteiger partial charge on any atom is -0.439 e. The van der Waals surface area contributed by atoms with Crippen LogP contribution in [0.15, 0.2) is 24.3 Å². The van der Waals surface area contributed by atoms with E-state index in [1.807, 2.05) is 0 Å². The fraction of sp³-hybridized carbons (Fsp3) is 0.562. The third kappa shape index (κ3) is 3.93. The van der Waals surface area contributed by atoms with Gasteiger partial charge < -0.3 is 14.5 Å². The molecule has 1 aliphatic rings. The molecule has 2 atom stereocenters. The highest BCUT2D eigenvalue weighted by atomic mass is 28.4. The monoisotopic (exact) mass is 352 g/mol. The van der Waals surface area contributed by atoms with Gasteiger partial charge in [0, 0.05) is 12.1 Å². The van der Waals surface area contributed by atoms with Crippen LogP contribution in [0.5, 0.6) is 0 Å². The van der Waals surface area contributed by atoms with Gasteiger partial charge in [-0.05, 0) is 35.8 Å². The minimum atomic E-state index is -1.95. The molecule has 1 saturated heterocycles. The average Bonchev–Trinajstić information content (AvgIpc) is 2.85. The van der Waals surface area contributed by atoms with Gasteiger partial charge in [-0.2, -0.15) is 0 Å². The molecule has 0 radical (unpaired) electrons. The number of nitrogens with zero attached hydrogens (tertiary/aromatic N) is 1. The molecule has 1 aliphatic heterocycles. The number of carbonyl (C=O) groups is 1. The van der Waals surface area contributed by atoms with Crippen molar-refractivity contribution in [3.63, 3.8) is 0 Å². The number of carbonyl (C=O) groups excluding carboxylic acids is 1. The van der Waals surface area contributed by atoms with Crippen LogP contribution < -0.4 is 5.32 Å². The predicted molar refractivity (Wildman–Crippen MR) is 92.4 cm³/mol. The van der Waals surface area contributed by atoms with E-state index >= 15 is 0 Å². The number of benzene rings is 1. The van der Waals surface area contributed by atoms with Crippen LogP contribution in [0.1, 0.15) is 32.4 Å². The van der Waals surface area contributed by atoms with Gasteiger partial charge in [0.15, 0.2) is 14.4 Å². The van der Waals surface area contributed by atoms with Crippen molar-refractivity contribution in [3.8, 4) is 0 Å². The van der Waals surface area contributed by atoms with Gasteiger partial charge >= 0.3 is 6.09 Å². The Hall–Kier alpha value is -1.93.